The second-order valence-electron chi connectivity index (χ2n) is 9.29. The van der Waals surface area contributed by atoms with Gasteiger partial charge in [-0.15, -0.1) is 0 Å². The van der Waals surface area contributed by atoms with E-state index >= 15 is 0 Å². The average Bonchev–Trinajstić information content (AvgIpc) is 2.98. The molecule has 40 heavy (non-hydrogen) atoms. The van der Waals surface area contributed by atoms with E-state index < -0.39 is 17.9 Å². The van der Waals surface area contributed by atoms with E-state index in [4.69, 9.17) is 0 Å². The lowest BCUT2D eigenvalue weighted by atomic mass is 9.89. The molecule has 1 heterocycles. The van der Waals surface area contributed by atoms with Crippen molar-refractivity contribution in [1.29, 1.82) is 0 Å². The zero-order valence-electron chi connectivity index (χ0n) is 22.4. The number of hydrogen-bond acceptors (Lipinski definition) is 5. The number of benzene rings is 3. The van der Waals surface area contributed by atoms with Crippen LogP contribution in [0, 0.1) is 6.92 Å². The Bertz CT molecular complexity index is 1570. The molecule has 0 aliphatic carbocycles. The highest BCUT2D eigenvalue weighted by atomic mass is 32.2. The van der Waals surface area contributed by atoms with Gasteiger partial charge in [-0.05, 0) is 71.4 Å². The van der Waals surface area contributed by atoms with Crippen LogP contribution in [0.3, 0.4) is 0 Å². The quantitative estimate of drug-likeness (QED) is 0.213. The molecule has 0 saturated carbocycles. The molecule has 1 aromatic heterocycles. The lowest BCUT2D eigenvalue weighted by Gasteiger charge is -2.18. The SMILES string of the molecule is C=C(c1ccc(C(=O)N[C@@H](CCSC)C(=O)O)c(-c2ccccc2C)c1)c1cccnc1C(=O)c1ccccc1. The van der Waals surface area contributed by atoms with Crippen LogP contribution >= 0.6 is 11.8 Å². The van der Waals surface area contributed by atoms with Crippen molar-refractivity contribution in [3.63, 3.8) is 0 Å². The number of carbonyl (C=O) groups excluding carboxylic acids is 2. The predicted molar refractivity (Wildman–Crippen MR) is 161 cm³/mol. The largest absolute Gasteiger partial charge is 0.480 e. The number of carbonyl (C=O) groups is 3. The van der Waals surface area contributed by atoms with E-state index in [-0.39, 0.29) is 11.5 Å². The summed E-state index contributed by atoms with van der Waals surface area (Å²) in [6.45, 7) is 6.25. The molecule has 202 valence electrons. The summed E-state index contributed by atoms with van der Waals surface area (Å²) in [4.78, 5) is 42.9. The Morgan fingerprint density at radius 3 is 2.33 bits per heavy atom. The van der Waals surface area contributed by atoms with Crippen LogP contribution < -0.4 is 5.32 Å². The van der Waals surface area contributed by atoms with Gasteiger partial charge in [0.05, 0.1) is 0 Å². The Balaban J connectivity index is 1.77. The number of aryl methyl sites for hydroxylation is 1. The van der Waals surface area contributed by atoms with Gasteiger partial charge in [-0.3, -0.25) is 14.6 Å². The minimum Gasteiger partial charge on any atom is -0.480 e. The predicted octanol–water partition coefficient (Wildman–Crippen LogP) is 6.29. The van der Waals surface area contributed by atoms with E-state index in [1.54, 1.807) is 48.7 Å². The highest BCUT2D eigenvalue weighted by Crippen LogP contribution is 2.33. The van der Waals surface area contributed by atoms with E-state index in [0.717, 1.165) is 11.1 Å². The maximum absolute atomic E-state index is 13.4. The number of pyridine rings is 1. The zero-order chi connectivity index (χ0) is 28.6. The fourth-order valence-electron chi connectivity index (χ4n) is 4.47. The van der Waals surface area contributed by atoms with Gasteiger partial charge in [0.1, 0.15) is 11.7 Å². The highest BCUT2D eigenvalue weighted by molar-refractivity contribution is 7.98. The highest BCUT2D eigenvalue weighted by Gasteiger charge is 2.24. The molecule has 0 bridgehead atoms. The molecule has 0 unspecified atom stereocenters. The molecule has 4 rings (SSSR count). The second-order valence-corrected chi connectivity index (χ2v) is 10.3. The number of nitrogens with zero attached hydrogens (tertiary/aromatic N) is 1. The van der Waals surface area contributed by atoms with Gasteiger partial charge in [-0.2, -0.15) is 11.8 Å². The average molecular weight is 551 g/mol. The van der Waals surface area contributed by atoms with Crippen molar-refractivity contribution < 1.29 is 19.5 Å². The van der Waals surface area contributed by atoms with Gasteiger partial charge in [-0.1, -0.05) is 73.3 Å². The number of rotatable bonds is 11. The molecular weight excluding hydrogens is 520 g/mol. The number of aliphatic carboxylic acids is 1. The van der Waals surface area contributed by atoms with Crippen LogP contribution in [-0.2, 0) is 4.79 Å². The first-order valence-electron chi connectivity index (χ1n) is 12.8. The topological polar surface area (TPSA) is 96.4 Å². The number of ketones is 1. The monoisotopic (exact) mass is 550 g/mol. The summed E-state index contributed by atoms with van der Waals surface area (Å²) in [5.41, 5.74) is 5.49. The van der Waals surface area contributed by atoms with Gasteiger partial charge in [0.15, 0.2) is 0 Å². The van der Waals surface area contributed by atoms with Gasteiger partial charge >= 0.3 is 5.97 Å². The van der Waals surface area contributed by atoms with Crippen molar-refractivity contribution >= 4 is 35.0 Å². The third kappa shape index (κ3) is 6.38. The van der Waals surface area contributed by atoms with Gasteiger partial charge < -0.3 is 10.4 Å². The van der Waals surface area contributed by atoms with Crippen molar-refractivity contribution in [2.75, 3.05) is 12.0 Å². The third-order valence-corrected chi connectivity index (χ3v) is 7.29. The fourth-order valence-corrected chi connectivity index (χ4v) is 4.94. The number of amides is 1. The Morgan fingerprint density at radius 2 is 1.62 bits per heavy atom. The zero-order valence-corrected chi connectivity index (χ0v) is 23.2. The van der Waals surface area contributed by atoms with E-state index in [0.29, 0.717) is 45.6 Å². The first kappa shape index (κ1) is 28.5. The van der Waals surface area contributed by atoms with Gasteiger partial charge in [0.2, 0.25) is 5.78 Å². The molecule has 0 aliphatic rings. The molecule has 3 aromatic carbocycles. The number of hydrogen-bond donors (Lipinski definition) is 2. The van der Waals surface area contributed by atoms with E-state index in [2.05, 4.69) is 16.9 Å². The first-order chi connectivity index (χ1) is 19.3. The third-order valence-electron chi connectivity index (χ3n) is 6.65. The number of nitrogens with one attached hydrogen (secondary N) is 1. The Labute approximate surface area is 238 Å². The summed E-state index contributed by atoms with van der Waals surface area (Å²) in [6, 6.07) is 24.5. The summed E-state index contributed by atoms with van der Waals surface area (Å²) in [5.74, 6) is -1.14. The van der Waals surface area contributed by atoms with Crippen molar-refractivity contribution in [1.82, 2.24) is 10.3 Å². The van der Waals surface area contributed by atoms with Crippen LogP contribution in [0.4, 0.5) is 0 Å². The molecule has 6 nitrogen and oxygen atoms in total. The van der Waals surface area contributed by atoms with Crippen LogP contribution in [0.2, 0.25) is 0 Å². The maximum atomic E-state index is 13.4. The molecule has 0 saturated heterocycles. The van der Waals surface area contributed by atoms with E-state index in [9.17, 15) is 19.5 Å². The summed E-state index contributed by atoms with van der Waals surface area (Å²) < 4.78 is 0. The summed E-state index contributed by atoms with van der Waals surface area (Å²) in [6.07, 6.45) is 3.79. The normalized spacial score (nSPS) is 11.4. The number of carboxylic acid groups (broad SMARTS) is 1. The minimum absolute atomic E-state index is 0.211. The fraction of sp³-hybridized carbons (Fsp3) is 0.152. The number of carboxylic acids is 1. The van der Waals surface area contributed by atoms with Crippen LogP contribution in [0.25, 0.3) is 16.7 Å². The molecule has 0 fully saturated rings. The number of thioether (sulfide) groups is 1. The van der Waals surface area contributed by atoms with Crippen molar-refractivity contribution in [3.05, 3.63) is 131 Å². The van der Waals surface area contributed by atoms with Crippen LogP contribution in [-0.4, -0.2) is 45.8 Å². The van der Waals surface area contributed by atoms with E-state index in [1.165, 1.54) is 11.8 Å². The molecule has 1 amide bonds. The van der Waals surface area contributed by atoms with Crippen LogP contribution in [0.1, 0.15) is 49.5 Å². The van der Waals surface area contributed by atoms with Crippen molar-refractivity contribution in [3.8, 4) is 11.1 Å². The molecular formula is C33H30N2O4S. The van der Waals surface area contributed by atoms with Gasteiger partial charge in [0.25, 0.3) is 5.91 Å². The smallest absolute Gasteiger partial charge is 0.326 e. The van der Waals surface area contributed by atoms with Crippen molar-refractivity contribution in [2.24, 2.45) is 0 Å². The minimum atomic E-state index is -1.07. The molecule has 0 spiro atoms. The maximum Gasteiger partial charge on any atom is 0.326 e. The summed E-state index contributed by atoms with van der Waals surface area (Å²) in [7, 11) is 0. The Hall–Kier alpha value is -4.49. The molecule has 4 aromatic rings. The van der Waals surface area contributed by atoms with Crippen LogP contribution in [0.5, 0.6) is 0 Å². The van der Waals surface area contributed by atoms with Crippen LogP contribution in [0.15, 0.2) is 97.7 Å². The Morgan fingerprint density at radius 1 is 0.900 bits per heavy atom. The first-order valence-corrected chi connectivity index (χ1v) is 14.2. The number of aromatic nitrogens is 1. The van der Waals surface area contributed by atoms with Crippen molar-refractivity contribution in [2.45, 2.75) is 19.4 Å². The molecule has 2 N–H and O–H groups in total. The Kier molecular flexibility index (Phi) is 9.30. The summed E-state index contributed by atoms with van der Waals surface area (Å²) in [5, 5.41) is 12.3. The lowest BCUT2D eigenvalue weighted by molar-refractivity contribution is -0.139. The van der Waals surface area contributed by atoms with Gasteiger partial charge in [-0.25, -0.2) is 4.79 Å². The van der Waals surface area contributed by atoms with E-state index in [1.807, 2.05) is 55.6 Å². The summed E-state index contributed by atoms with van der Waals surface area (Å²) >= 11 is 1.52. The lowest BCUT2D eigenvalue weighted by Crippen LogP contribution is -2.41. The molecule has 0 aliphatic heterocycles. The molecule has 7 heteroatoms. The second kappa shape index (κ2) is 13.0. The van der Waals surface area contributed by atoms with Gasteiger partial charge in [0, 0.05) is 22.9 Å². The standard InChI is InChI=1S/C33H30N2O4S/c1-21-10-7-8-13-25(21)28-20-24(15-16-27(28)32(37)35-29(33(38)39)17-19-40-3)22(2)26-14-9-18-34-30(26)31(36)23-11-5-4-6-12-23/h4-16,18,20,29H,2,17,19H2,1,3H3,(H,35,37)(H,38,39)/t29-/m0/s1. The molecule has 1 atom stereocenters. The molecule has 0 radical (unpaired) electrons.